The van der Waals surface area contributed by atoms with Gasteiger partial charge in [-0.05, 0) is 66.7 Å². The highest BCUT2D eigenvalue weighted by Gasteiger charge is 2.42. The molecule has 0 saturated heterocycles. The molecule has 2 nitrogen and oxygen atoms in total. The third-order valence-electron chi connectivity index (χ3n) is 9.13. The predicted octanol–water partition coefficient (Wildman–Crippen LogP) is 10.0. The highest BCUT2D eigenvalue weighted by atomic mass is 19.5. The van der Waals surface area contributed by atoms with E-state index in [-0.39, 0.29) is 10.8 Å². The molecule has 7 heteroatoms. The van der Waals surface area contributed by atoms with Crippen molar-refractivity contribution in [1.82, 2.24) is 0 Å². The maximum absolute atomic E-state index is 9.75. The molecule has 0 fully saturated rings. The maximum Gasteiger partial charge on any atom is 0.673 e. The molecule has 3 aliphatic rings. The van der Waals surface area contributed by atoms with Crippen molar-refractivity contribution in [2.24, 2.45) is 0 Å². The molecule has 0 saturated carbocycles. The lowest BCUT2D eigenvalue weighted by Crippen LogP contribution is -2.26. The van der Waals surface area contributed by atoms with Crippen LogP contribution in [0.4, 0.5) is 28.6 Å². The lowest BCUT2D eigenvalue weighted by Gasteiger charge is -2.24. The van der Waals surface area contributed by atoms with Crippen molar-refractivity contribution < 1.29 is 21.8 Å². The van der Waals surface area contributed by atoms with Crippen LogP contribution < -0.4 is 4.90 Å². The number of benzene rings is 3. The minimum Gasteiger partial charge on any atom is -0.418 e. The van der Waals surface area contributed by atoms with Gasteiger partial charge in [-0.25, -0.2) is 0 Å². The van der Waals surface area contributed by atoms with Crippen molar-refractivity contribution in [1.29, 1.82) is 0 Å². The van der Waals surface area contributed by atoms with Crippen LogP contribution in [0.25, 0.3) is 5.57 Å². The summed E-state index contributed by atoms with van der Waals surface area (Å²) in [6, 6.07) is 28.5. The third-order valence-corrected chi connectivity index (χ3v) is 9.13. The van der Waals surface area contributed by atoms with Crippen LogP contribution in [0.2, 0.25) is 0 Å². The van der Waals surface area contributed by atoms with E-state index in [1.54, 1.807) is 0 Å². The molecular formula is C37H39BF4N2. The number of nitrogens with zero attached hydrogens (tertiary/aromatic N) is 2. The molecule has 0 amide bonds. The second-order valence-electron chi connectivity index (χ2n) is 12.6. The second kappa shape index (κ2) is 11.8. The molecule has 0 radical (unpaired) electrons. The van der Waals surface area contributed by atoms with Crippen molar-refractivity contribution in [2.45, 2.75) is 51.4 Å². The lowest BCUT2D eigenvalue weighted by atomic mass is 9.81. The van der Waals surface area contributed by atoms with E-state index in [4.69, 9.17) is 0 Å². The van der Waals surface area contributed by atoms with E-state index in [1.807, 2.05) is 0 Å². The highest BCUT2D eigenvalue weighted by molar-refractivity contribution is 6.50. The maximum atomic E-state index is 9.75. The Balaban J connectivity index is 0.000000712. The SMILES string of the molecule is CN1/C(=C/C=C2\CCC(/C=C/C3=[N+](C)c4ccccc4C3(C)C)=C2c2ccccc2)C(C)(C)c2ccccc21.F[B-](F)(F)F. The van der Waals surface area contributed by atoms with Crippen molar-refractivity contribution in [2.75, 3.05) is 19.0 Å². The Morgan fingerprint density at radius 2 is 1.32 bits per heavy atom. The van der Waals surface area contributed by atoms with E-state index in [9.17, 15) is 17.3 Å². The quantitative estimate of drug-likeness (QED) is 0.165. The fraction of sp³-hybridized carbons (Fsp3) is 0.270. The first-order chi connectivity index (χ1) is 20.7. The summed E-state index contributed by atoms with van der Waals surface area (Å²) in [4.78, 5) is 2.36. The van der Waals surface area contributed by atoms with Gasteiger partial charge in [0.1, 0.15) is 7.05 Å². The van der Waals surface area contributed by atoms with Gasteiger partial charge >= 0.3 is 7.25 Å². The zero-order valence-electron chi connectivity index (χ0n) is 26.2. The van der Waals surface area contributed by atoms with Gasteiger partial charge in [-0.15, -0.1) is 0 Å². The molecule has 6 rings (SSSR count). The van der Waals surface area contributed by atoms with Gasteiger partial charge in [-0.2, -0.15) is 4.58 Å². The van der Waals surface area contributed by atoms with Crippen LogP contribution in [0, 0.1) is 0 Å². The van der Waals surface area contributed by atoms with Gasteiger partial charge in [0.05, 0.1) is 5.41 Å². The number of rotatable bonds is 4. The predicted molar refractivity (Wildman–Crippen MR) is 176 cm³/mol. The monoisotopic (exact) mass is 598 g/mol. The molecule has 228 valence electrons. The zero-order chi connectivity index (χ0) is 31.9. The van der Waals surface area contributed by atoms with Gasteiger partial charge in [0.2, 0.25) is 5.69 Å². The summed E-state index contributed by atoms with van der Waals surface area (Å²) < 4.78 is 41.4. The number of anilines is 1. The van der Waals surface area contributed by atoms with Crippen molar-refractivity contribution >= 4 is 29.9 Å². The number of halogens is 4. The Hall–Kier alpha value is -4.13. The van der Waals surface area contributed by atoms with E-state index in [2.05, 4.69) is 154 Å². The molecule has 1 aliphatic carbocycles. The van der Waals surface area contributed by atoms with E-state index >= 15 is 0 Å². The third kappa shape index (κ3) is 5.97. The summed E-state index contributed by atoms with van der Waals surface area (Å²) in [6.45, 7) is 9.36. The summed E-state index contributed by atoms with van der Waals surface area (Å²) in [5.41, 5.74) is 13.6. The van der Waals surface area contributed by atoms with Gasteiger partial charge < -0.3 is 22.2 Å². The summed E-state index contributed by atoms with van der Waals surface area (Å²) in [5, 5.41) is 0. The van der Waals surface area contributed by atoms with Crippen LogP contribution in [-0.4, -0.2) is 31.6 Å². The molecule has 0 atom stereocenters. The summed E-state index contributed by atoms with van der Waals surface area (Å²) in [5.74, 6) is 0. The molecular weight excluding hydrogens is 559 g/mol. The van der Waals surface area contributed by atoms with Crippen LogP contribution in [0.15, 0.2) is 120 Å². The second-order valence-corrected chi connectivity index (χ2v) is 12.6. The van der Waals surface area contributed by atoms with Gasteiger partial charge in [0.25, 0.3) is 0 Å². The molecule has 0 spiro atoms. The Morgan fingerprint density at radius 1 is 0.727 bits per heavy atom. The molecule has 0 unspecified atom stereocenters. The Labute approximate surface area is 258 Å². The number of para-hydroxylation sites is 2. The van der Waals surface area contributed by atoms with Crippen molar-refractivity contribution in [3.8, 4) is 0 Å². The molecule has 0 aromatic heterocycles. The minimum absolute atomic E-state index is 0.0232. The molecule has 2 aliphatic heterocycles. The van der Waals surface area contributed by atoms with Crippen LogP contribution in [-0.2, 0) is 10.8 Å². The lowest BCUT2D eigenvalue weighted by molar-refractivity contribution is -0.401. The number of hydrogen-bond donors (Lipinski definition) is 0. The Morgan fingerprint density at radius 3 is 1.95 bits per heavy atom. The standard InChI is InChI=1S/C37H39N2.BF4/c1-36(2)29-16-10-12-18-31(29)38(5)33(36)24-22-27-20-21-28(35(27)26-14-8-7-9-15-26)23-25-34-37(3,4)30-17-11-13-19-32(30)39(34)6;2-1(3,4)5/h7-19,22-25H,20-21H2,1-6H3;/q+1;-1. The largest absolute Gasteiger partial charge is 0.673 e. The van der Waals surface area contributed by atoms with Crippen LogP contribution in [0.3, 0.4) is 0 Å². The molecule has 3 aromatic carbocycles. The number of allylic oxidation sites excluding steroid dienone is 8. The van der Waals surface area contributed by atoms with E-state index in [0.29, 0.717) is 0 Å². The molecule has 2 heterocycles. The first kappa shape index (κ1) is 31.3. The first-order valence-electron chi connectivity index (χ1n) is 15.0. The van der Waals surface area contributed by atoms with Crippen LogP contribution in [0.1, 0.15) is 57.2 Å². The van der Waals surface area contributed by atoms with Crippen LogP contribution in [0.5, 0.6) is 0 Å². The van der Waals surface area contributed by atoms with Crippen LogP contribution >= 0.6 is 0 Å². The van der Waals surface area contributed by atoms with Gasteiger partial charge in [0, 0.05) is 41.6 Å². The number of likely N-dealkylation sites (N-methyl/N-ethyl adjacent to an activating group) is 1. The zero-order valence-corrected chi connectivity index (χ0v) is 26.2. The van der Waals surface area contributed by atoms with Crippen molar-refractivity contribution in [3.63, 3.8) is 0 Å². The fourth-order valence-corrected chi connectivity index (χ4v) is 7.00. The fourth-order valence-electron chi connectivity index (χ4n) is 7.00. The normalized spacial score (nSPS) is 20.5. The topological polar surface area (TPSA) is 6.25 Å². The van der Waals surface area contributed by atoms with Gasteiger partial charge in [-0.3, -0.25) is 0 Å². The Kier molecular flexibility index (Phi) is 8.36. The Bertz CT molecular complexity index is 1720. The summed E-state index contributed by atoms with van der Waals surface area (Å²) in [6.07, 6.45) is 11.6. The summed E-state index contributed by atoms with van der Waals surface area (Å²) in [7, 11) is -1.60. The van der Waals surface area contributed by atoms with E-state index in [1.165, 1.54) is 56.2 Å². The molecule has 0 N–H and O–H groups in total. The average molecular weight is 599 g/mol. The average Bonchev–Trinajstić information content (AvgIpc) is 3.53. The van der Waals surface area contributed by atoms with E-state index < -0.39 is 7.25 Å². The first-order valence-corrected chi connectivity index (χ1v) is 15.0. The molecule has 3 aromatic rings. The van der Waals surface area contributed by atoms with Crippen molar-refractivity contribution in [3.05, 3.63) is 137 Å². The highest BCUT2D eigenvalue weighted by Crippen LogP contribution is 2.47. The molecule has 44 heavy (non-hydrogen) atoms. The van der Waals surface area contributed by atoms with Gasteiger partial charge in [0.15, 0.2) is 5.71 Å². The number of fused-ring (bicyclic) bond motifs is 2. The van der Waals surface area contributed by atoms with E-state index in [0.717, 1.165) is 12.8 Å². The van der Waals surface area contributed by atoms with Gasteiger partial charge in [-0.1, -0.05) is 92.7 Å². The molecule has 0 bridgehead atoms. The number of hydrogen-bond acceptors (Lipinski definition) is 1. The summed E-state index contributed by atoms with van der Waals surface area (Å²) >= 11 is 0. The smallest absolute Gasteiger partial charge is 0.418 e. The minimum atomic E-state index is -6.00.